The Bertz CT molecular complexity index is 1600. The van der Waals surface area contributed by atoms with Gasteiger partial charge in [-0.1, -0.05) is 48.2 Å². The summed E-state index contributed by atoms with van der Waals surface area (Å²) in [4.78, 5) is 17.3. The van der Waals surface area contributed by atoms with E-state index in [4.69, 9.17) is 14.9 Å². The number of pyridine rings is 4. The van der Waals surface area contributed by atoms with Crippen LogP contribution in [0, 0.1) is 5.41 Å². The molecule has 0 saturated heterocycles. The van der Waals surface area contributed by atoms with Crippen molar-refractivity contribution in [2.45, 2.75) is 13.8 Å². The van der Waals surface area contributed by atoms with Crippen molar-refractivity contribution in [2.24, 2.45) is 0 Å². The molecule has 0 fully saturated rings. The van der Waals surface area contributed by atoms with E-state index in [9.17, 15) is 30.3 Å². The number of nitrogens with one attached hydrogen (secondary N) is 1. The zero-order valence-electron chi connectivity index (χ0n) is 24.7. The number of ether oxygens (including phenoxy) is 2. The van der Waals surface area contributed by atoms with E-state index >= 15 is 0 Å². The minimum Gasteiger partial charge on any atom is -0.255 e. The molecule has 5 rings (SSSR count). The Kier molecular flexibility index (Phi) is 14.7. The molecular formula is C30H30CoF6N5O3P. The van der Waals surface area contributed by atoms with Crippen molar-refractivity contribution in [3.05, 3.63) is 103 Å². The molecule has 1 N–H and O–H groups in total. The van der Waals surface area contributed by atoms with Gasteiger partial charge in [0.25, 0.3) is 0 Å². The van der Waals surface area contributed by atoms with Gasteiger partial charge in [0.2, 0.25) is 5.90 Å². The van der Waals surface area contributed by atoms with Gasteiger partial charge >= 0.3 is 49.8 Å². The summed E-state index contributed by atoms with van der Waals surface area (Å²) in [5.74, 6) is -0.182. The minimum atomic E-state index is -10.7. The van der Waals surface area contributed by atoms with Gasteiger partial charge in [0.1, 0.15) is 5.69 Å². The maximum atomic E-state index is 11.5. The standard InChI is InChI=1S/C15H11N3.C11H10N2O2.C4H10O.Co.F6P/c1-3-10-16-12(6-1)14-8-5-9-15(18-14)13-7-2-4-11-17-13;1-15-11(12)8-6-5-7-3-2-4-9(14)10(7)13-8;1-3-5-4-2;;1-7(2,3,4,5)6/h1-11H;2-6,12,14H,1H3;3-4H2,1-2H3;;/q;;;+2;-1/p-1. The molecule has 4 aromatic heterocycles. The van der Waals surface area contributed by atoms with Crippen LogP contribution in [0.3, 0.4) is 0 Å². The Morgan fingerprint density at radius 1 is 0.696 bits per heavy atom. The first-order chi connectivity index (χ1) is 21.0. The van der Waals surface area contributed by atoms with Crippen LogP contribution in [0.15, 0.2) is 97.3 Å². The molecule has 0 aliphatic rings. The van der Waals surface area contributed by atoms with Crippen molar-refractivity contribution >= 4 is 24.6 Å². The fourth-order valence-electron chi connectivity index (χ4n) is 3.30. The average Bonchev–Trinajstić information content (AvgIpc) is 3.01. The molecule has 0 spiro atoms. The van der Waals surface area contributed by atoms with Crippen molar-refractivity contribution in [3.63, 3.8) is 0 Å². The summed E-state index contributed by atoms with van der Waals surface area (Å²) in [5.41, 5.74) is 4.20. The van der Waals surface area contributed by atoms with Crippen LogP contribution in [0.1, 0.15) is 19.5 Å². The second kappa shape index (κ2) is 16.9. The molecule has 0 bridgehead atoms. The van der Waals surface area contributed by atoms with Gasteiger partial charge in [0.15, 0.2) is 0 Å². The fourth-order valence-corrected chi connectivity index (χ4v) is 3.30. The van der Waals surface area contributed by atoms with Gasteiger partial charge in [-0.05, 0) is 61.7 Å². The predicted octanol–water partition coefficient (Wildman–Crippen LogP) is 8.91. The van der Waals surface area contributed by atoms with Gasteiger partial charge in [0, 0.05) is 25.6 Å². The molecule has 0 amide bonds. The van der Waals surface area contributed by atoms with Gasteiger partial charge < -0.3 is 14.6 Å². The molecule has 0 atom stereocenters. The van der Waals surface area contributed by atoms with Crippen LogP contribution < -0.4 is 5.11 Å². The number of rotatable bonds is 5. The second-order valence-corrected chi connectivity index (χ2v) is 10.6. The third kappa shape index (κ3) is 16.2. The molecule has 16 heteroatoms. The van der Waals surface area contributed by atoms with E-state index in [2.05, 4.69) is 19.9 Å². The zero-order chi connectivity index (χ0) is 33.6. The molecule has 8 nitrogen and oxygen atoms in total. The first-order valence-electron chi connectivity index (χ1n) is 13.2. The van der Waals surface area contributed by atoms with Crippen LogP contribution >= 0.6 is 7.81 Å². The van der Waals surface area contributed by atoms with Crippen molar-refractivity contribution in [2.75, 3.05) is 20.3 Å². The SMILES string of the molecule is CCOCC.COC(=N)c1ccc2cccc([O-])c2n1.F[P-](F)(F)(F)(F)F.[Co+2].c1ccc(-c2cccc(-c3ccccn3)n2)nc1. The zero-order valence-corrected chi connectivity index (χ0v) is 26.6. The van der Waals surface area contributed by atoms with Crippen LogP contribution in [0.25, 0.3) is 33.7 Å². The van der Waals surface area contributed by atoms with E-state index in [0.717, 1.165) is 41.4 Å². The number of halogens is 6. The number of hydrogen-bond acceptors (Lipinski definition) is 8. The molecule has 1 radical (unpaired) electrons. The maximum absolute atomic E-state index is 11.5. The van der Waals surface area contributed by atoms with Gasteiger partial charge in [-0.25, -0.2) is 9.97 Å². The predicted molar refractivity (Wildman–Crippen MR) is 161 cm³/mol. The summed E-state index contributed by atoms with van der Waals surface area (Å²) in [6.07, 6.45) is 3.54. The Morgan fingerprint density at radius 2 is 1.17 bits per heavy atom. The van der Waals surface area contributed by atoms with Crippen LogP contribution in [0.5, 0.6) is 5.75 Å². The molecule has 4 heterocycles. The second-order valence-electron chi connectivity index (χ2n) is 8.64. The maximum Gasteiger partial charge on any atom is 2.00 e. The molecule has 46 heavy (non-hydrogen) atoms. The summed E-state index contributed by atoms with van der Waals surface area (Å²) >= 11 is 0. The number of aromatic nitrogens is 4. The summed E-state index contributed by atoms with van der Waals surface area (Å²) in [5, 5.41) is 19.7. The minimum absolute atomic E-state index is 0. The number of methoxy groups -OCH3 is 1. The fraction of sp³-hybridized carbons (Fsp3) is 0.167. The molecule has 249 valence electrons. The molecule has 0 unspecified atom stereocenters. The number of benzene rings is 1. The normalized spacial score (nSPS) is 11.8. The van der Waals surface area contributed by atoms with E-state index in [1.807, 2.05) is 74.5 Å². The van der Waals surface area contributed by atoms with Gasteiger partial charge in [-0.2, -0.15) is 0 Å². The van der Waals surface area contributed by atoms with Gasteiger partial charge in [-0.15, -0.1) is 0 Å². The number of fused-ring (bicyclic) bond motifs is 1. The summed E-state index contributed by atoms with van der Waals surface area (Å²) in [7, 11) is -9.26. The van der Waals surface area contributed by atoms with Crippen LogP contribution in [-0.4, -0.2) is 46.2 Å². The largest absolute Gasteiger partial charge is 2.00 e. The van der Waals surface area contributed by atoms with Gasteiger partial charge in [0.05, 0.1) is 35.4 Å². The van der Waals surface area contributed by atoms with E-state index in [1.165, 1.54) is 13.2 Å². The Hall–Kier alpha value is -4.17. The Morgan fingerprint density at radius 3 is 1.59 bits per heavy atom. The summed E-state index contributed by atoms with van der Waals surface area (Å²) in [6, 6.07) is 25.8. The molecule has 0 saturated carbocycles. The Balaban J connectivity index is 0.000000341. The van der Waals surface area contributed by atoms with Crippen LogP contribution in [0.4, 0.5) is 25.2 Å². The van der Waals surface area contributed by atoms with Crippen LogP contribution in [-0.2, 0) is 26.3 Å². The number of para-hydroxylation sites is 1. The molecule has 5 aromatic rings. The molecule has 0 aliphatic carbocycles. The van der Waals surface area contributed by atoms with Crippen molar-refractivity contribution in [1.29, 1.82) is 5.41 Å². The van der Waals surface area contributed by atoms with E-state index in [-0.39, 0.29) is 28.4 Å². The van der Waals surface area contributed by atoms with Crippen molar-refractivity contribution in [1.82, 2.24) is 19.9 Å². The van der Waals surface area contributed by atoms with Crippen molar-refractivity contribution in [3.8, 4) is 28.5 Å². The quantitative estimate of drug-likeness (QED) is 0.0837. The first kappa shape index (κ1) is 39.9. The van der Waals surface area contributed by atoms with Gasteiger partial charge in [-0.3, -0.25) is 15.4 Å². The summed E-state index contributed by atoms with van der Waals surface area (Å²) in [6.45, 7) is 5.67. The average molecular weight is 712 g/mol. The summed E-state index contributed by atoms with van der Waals surface area (Å²) < 4.78 is 68.8. The van der Waals surface area contributed by atoms with E-state index in [1.54, 1.807) is 30.6 Å². The molecule has 0 aliphatic heterocycles. The van der Waals surface area contributed by atoms with Crippen LogP contribution in [0.2, 0.25) is 0 Å². The Labute approximate surface area is 271 Å². The number of nitrogens with zero attached hydrogens (tertiary/aromatic N) is 4. The monoisotopic (exact) mass is 712 g/mol. The first-order valence-corrected chi connectivity index (χ1v) is 15.2. The van der Waals surface area contributed by atoms with E-state index in [0.29, 0.717) is 11.2 Å². The number of hydrogen-bond donors (Lipinski definition) is 1. The topological polar surface area (TPSA) is 117 Å². The molecular weight excluding hydrogens is 682 g/mol. The molecule has 1 aromatic carbocycles. The van der Waals surface area contributed by atoms with E-state index < -0.39 is 7.81 Å². The smallest absolute Gasteiger partial charge is 0.255 e. The third-order valence-electron chi connectivity index (χ3n) is 5.13. The van der Waals surface area contributed by atoms with Crippen molar-refractivity contribution < 1.29 is 56.5 Å². The third-order valence-corrected chi connectivity index (χ3v) is 5.13.